The van der Waals surface area contributed by atoms with Crippen molar-refractivity contribution >= 4 is 5.91 Å². The molecule has 0 aliphatic heterocycles. The molecule has 27 heavy (non-hydrogen) atoms. The lowest BCUT2D eigenvalue weighted by Gasteiger charge is -2.22. The zero-order valence-corrected chi connectivity index (χ0v) is 14.6. The molecule has 2 aromatic carbocycles. The summed E-state index contributed by atoms with van der Waals surface area (Å²) in [5.41, 5.74) is -0.139. The Hall–Kier alpha value is -2.41. The van der Waals surface area contributed by atoms with E-state index >= 15 is 0 Å². The van der Waals surface area contributed by atoms with Gasteiger partial charge in [0.15, 0.2) is 0 Å². The maximum Gasteiger partial charge on any atom is 0.416 e. The van der Waals surface area contributed by atoms with Gasteiger partial charge in [0.2, 0.25) is 5.91 Å². The molecule has 2 aromatic rings. The second kappa shape index (κ2) is 8.08. The Morgan fingerprint density at radius 3 is 2.44 bits per heavy atom. The number of halogens is 4. The molecule has 0 atom stereocenters. The first-order chi connectivity index (χ1) is 12.8. The van der Waals surface area contributed by atoms with Crippen LogP contribution in [-0.2, 0) is 24.1 Å². The van der Waals surface area contributed by atoms with Crippen molar-refractivity contribution in [3.05, 3.63) is 71.0 Å². The van der Waals surface area contributed by atoms with Crippen molar-refractivity contribution in [3.8, 4) is 0 Å². The van der Waals surface area contributed by atoms with Gasteiger partial charge in [0.05, 0.1) is 12.1 Å². The van der Waals surface area contributed by atoms with Gasteiger partial charge in [-0.05, 0) is 36.1 Å². The van der Waals surface area contributed by atoms with Crippen LogP contribution in [0, 0.1) is 5.82 Å². The summed E-state index contributed by atoms with van der Waals surface area (Å²) < 4.78 is 52.3. The highest BCUT2D eigenvalue weighted by molar-refractivity contribution is 5.78. The minimum Gasteiger partial charge on any atom is -0.351 e. The number of nitrogens with one attached hydrogen (secondary N) is 1. The molecule has 0 radical (unpaired) electrons. The maximum atomic E-state index is 13.2. The van der Waals surface area contributed by atoms with Gasteiger partial charge in [-0.3, -0.25) is 9.69 Å². The third-order valence-electron chi connectivity index (χ3n) is 4.49. The Bertz CT molecular complexity index is 788. The van der Waals surface area contributed by atoms with Crippen molar-refractivity contribution in [2.24, 2.45) is 0 Å². The van der Waals surface area contributed by atoms with Crippen molar-refractivity contribution in [2.45, 2.75) is 38.1 Å². The quantitative estimate of drug-likeness (QED) is 0.733. The van der Waals surface area contributed by atoms with E-state index in [1.807, 2.05) is 35.2 Å². The van der Waals surface area contributed by atoms with Crippen LogP contribution in [0.3, 0.4) is 0 Å². The summed E-state index contributed by atoms with van der Waals surface area (Å²) in [4.78, 5) is 14.3. The van der Waals surface area contributed by atoms with Crippen LogP contribution in [0.25, 0.3) is 0 Å². The standard InChI is InChI=1S/C20H20F4N2O/c21-16-7-6-15(18(10-16)20(22,23)24)11-25-19(27)13-26(17-8-9-17)12-14-4-2-1-3-5-14/h1-7,10,17H,8-9,11-13H2,(H,25,27). The first kappa shape index (κ1) is 19.4. The Kier molecular flexibility index (Phi) is 5.79. The van der Waals surface area contributed by atoms with Gasteiger partial charge >= 0.3 is 6.18 Å². The lowest BCUT2D eigenvalue weighted by atomic mass is 10.1. The van der Waals surface area contributed by atoms with E-state index in [0.717, 1.165) is 30.5 Å². The predicted molar refractivity (Wildman–Crippen MR) is 93.1 cm³/mol. The van der Waals surface area contributed by atoms with E-state index in [4.69, 9.17) is 0 Å². The largest absolute Gasteiger partial charge is 0.416 e. The highest BCUT2D eigenvalue weighted by Crippen LogP contribution is 2.32. The molecule has 3 rings (SSSR count). The van der Waals surface area contributed by atoms with Crippen molar-refractivity contribution < 1.29 is 22.4 Å². The first-order valence-corrected chi connectivity index (χ1v) is 8.73. The van der Waals surface area contributed by atoms with Crippen LogP contribution >= 0.6 is 0 Å². The molecule has 0 heterocycles. The van der Waals surface area contributed by atoms with Crippen LogP contribution in [-0.4, -0.2) is 23.4 Å². The summed E-state index contributed by atoms with van der Waals surface area (Å²) in [6.07, 6.45) is -2.65. The number of rotatable bonds is 7. The number of carbonyl (C=O) groups excluding carboxylic acids is 1. The summed E-state index contributed by atoms with van der Waals surface area (Å²) in [6, 6.07) is 12.5. The first-order valence-electron chi connectivity index (χ1n) is 8.73. The van der Waals surface area contributed by atoms with Crippen molar-refractivity contribution in [1.29, 1.82) is 0 Å². The van der Waals surface area contributed by atoms with Gasteiger partial charge in [-0.2, -0.15) is 13.2 Å². The SMILES string of the molecule is O=C(CN(Cc1ccccc1)C1CC1)NCc1ccc(F)cc1C(F)(F)F. The van der Waals surface area contributed by atoms with E-state index in [-0.39, 0.29) is 24.6 Å². The molecule has 1 saturated carbocycles. The maximum absolute atomic E-state index is 13.2. The highest BCUT2D eigenvalue weighted by Gasteiger charge is 2.34. The summed E-state index contributed by atoms with van der Waals surface area (Å²) in [7, 11) is 0. The molecule has 3 nitrogen and oxygen atoms in total. The molecule has 1 aliphatic carbocycles. The zero-order valence-electron chi connectivity index (χ0n) is 14.6. The molecule has 144 valence electrons. The van der Waals surface area contributed by atoms with Gasteiger partial charge in [-0.25, -0.2) is 4.39 Å². The second-order valence-corrected chi connectivity index (χ2v) is 6.70. The molecule has 7 heteroatoms. The number of hydrogen-bond donors (Lipinski definition) is 1. The van der Waals surface area contributed by atoms with Crippen LogP contribution in [0.4, 0.5) is 17.6 Å². The Balaban J connectivity index is 1.60. The molecular formula is C20H20F4N2O. The number of hydrogen-bond acceptors (Lipinski definition) is 2. The third kappa shape index (κ3) is 5.53. The molecule has 0 bridgehead atoms. The fourth-order valence-electron chi connectivity index (χ4n) is 2.97. The molecule has 1 fully saturated rings. The minimum atomic E-state index is -4.67. The Morgan fingerprint density at radius 1 is 1.11 bits per heavy atom. The summed E-state index contributed by atoms with van der Waals surface area (Å²) in [5, 5.41) is 2.53. The lowest BCUT2D eigenvalue weighted by molar-refractivity contribution is -0.138. The molecule has 0 saturated heterocycles. The normalized spacial score (nSPS) is 14.4. The Labute approximate surface area is 155 Å². The monoisotopic (exact) mass is 380 g/mol. The average molecular weight is 380 g/mol. The van der Waals surface area contributed by atoms with Crippen molar-refractivity contribution in [3.63, 3.8) is 0 Å². The highest BCUT2D eigenvalue weighted by atomic mass is 19.4. The van der Waals surface area contributed by atoms with E-state index < -0.39 is 17.6 Å². The number of benzene rings is 2. The number of carbonyl (C=O) groups is 1. The Morgan fingerprint density at radius 2 is 1.81 bits per heavy atom. The van der Waals surface area contributed by atoms with E-state index in [0.29, 0.717) is 18.7 Å². The van der Waals surface area contributed by atoms with E-state index in [2.05, 4.69) is 5.32 Å². The molecule has 0 unspecified atom stereocenters. The minimum absolute atomic E-state index is 0.113. The van der Waals surface area contributed by atoms with Gasteiger partial charge in [0, 0.05) is 19.1 Å². The summed E-state index contributed by atoms with van der Waals surface area (Å²) in [6.45, 7) is 0.434. The second-order valence-electron chi connectivity index (χ2n) is 6.70. The molecule has 0 spiro atoms. The molecular weight excluding hydrogens is 360 g/mol. The molecule has 1 amide bonds. The number of amides is 1. The molecule has 1 N–H and O–H groups in total. The van der Waals surface area contributed by atoms with Gasteiger partial charge in [0.25, 0.3) is 0 Å². The van der Waals surface area contributed by atoms with Gasteiger partial charge < -0.3 is 5.32 Å². The van der Waals surface area contributed by atoms with Crippen LogP contribution in [0.15, 0.2) is 48.5 Å². The summed E-state index contributed by atoms with van der Waals surface area (Å²) >= 11 is 0. The van der Waals surface area contributed by atoms with E-state index in [9.17, 15) is 22.4 Å². The van der Waals surface area contributed by atoms with Gasteiger partial charge in [0.1, 0.15) is 5.82 Å². The molecule has 1 aliphatic rings. The molecule has 0 aromatic heterocycles. The van der Waals surface area contributed by atoms with E-state index in [1.54, 1.807) is 0 Å². The smallest absolute Gasteiger partial charge is 0.351 e. The van der Waals surface area contributed by atoms with Crippen LogP contribution in [0.2, 0.25) is 0 Å². The van der Waals surface area contributed by atoms with Crippen molar-refractivity contribution in [2.75, 3.05) is 6.54 Å². The number of alkyl halides is 3. The predicted octanol–water partition coefficient (Wildman–Crippen LogP) is 4.13. The summed E-state index contributed by atoms with van der Waals surface area (Å²) in [5.74, 6) is -1.31. The lowest BCUT2D eigenvalue weighted by Crippen LogP contribution is -2.38. The van der Waals surface area contributed by atoms with Crippen LogP contribution < -0.4 is 5.32 Å². The van der Waals surface area contributed by atoms with Gasteiger partial charge in [-0.15, -0.1) is 0 Å². The number of nitrogens with zero attached hydrogens (tertiary/aromatic N) is 1. The zero-order chi connectivity index (χ0) is 19.4. The van der Waals surface area contributed by atoms with Crippen LogP contribution in [0.5, 0.6) is 0 Å². The fraction of sp³-hybridized carbons (Fsp3) is 0.350. The third-order valence-corrected chi connectivity index (χ3v) is 4.49. The van der Waals surface area contributed by atoms with Crippen molar-refractivity contribution in [1.82, 2.24) is 10.2 Å². The van der Waals surface area contributed by atoms with E-state index in [1.165, 1.54) is 0 Å². The average Bonchev–Trinajstić information content (AvgIpc) is 3.45. The van der Waals surface area contributed by atoms with Gasteiger partial charge in [-0.1, -0.05) is 36.4 Å². The fourth-order valence-corrected chi connectivity index (χ4v) is 2.97. The van der Waals surface area contributed by atoms with Crippen LogP contribution in [0.1, 0.15) is 29.5 Å². The topological polar surface area (TPSA) is 32.3 Å².